The van der Waals surface area contributed by atoms with Crippen LogP contribution in [0.3, 0.4) is 0 Å². The van der Waals surface area contributed by atoms with Gasteiger partial charge in [-0.05, 0) is 32.3 Å². The summed E-state index contributed by atoms with van der Waals surface area (Å²) in [6.07, 6.45) is 3.63. The van der Waals surface area contributed by atoms with Crippen LogP contribution in [0.25, 0.3) is 10.2 Å². The highest BCUT2D eigenvalue weighted by atomic mass is 32.1. The average Bonchev–Trinajstić information content (AvgIpc) is 2.75. The Morgan fingerprint density at radius 3 is 2.85 bits per heavy atom. The summed E-state index contributed by atoms with van der Waals surface area (Å²) in [4.78, 5) is 13.7. The Morgan fingerprint density at radius 1 is 1.45 bits per heavy atom. The molecule has 108 valence electrons. The zero-order valence-electron chi connectivity index (χ0n) is 11.9. The van der Waals surface area contributed by atoms with E-state index in [0.717, 1.165) is 16.0 Å². The molecule has 0 saturated heterocycles. The van der Waals surface area contributed by atoms with Crippen molar-refractivity contribution in [3.05, 3.63) is 10.9 Å². The highest BCUT2D eigenvalue weighted by molar-refractivity contribution is 7.18. The van der Waals surface area contributed by atoms with Crippen LogP contribution in [0.2, 0.25) is 0 Å². The van der Waals surface area contributed by atoms with Gasteiger partial charge >= 0.3 is 0 Å². The number of thiophene rings is 1. The number of fused-ring (bicyclic) bond motifs is 1. The van der Waals surface area contributed by atoms with Gasteiger partial charge in [0.25, 0.3) is 0 Å². The summed E-state index contributed by atoms with van der Waals surface area (Å²) < 4.78 is 0. The van der Waals surface area contributed by atoms with E-state index in [0.29, 0.717) is 18.5 Å². The zero-order chi connectivity index (χ0) is 14.1. The fourth-order valence-corrected chi connectivity index (χ4v) is 3.50. The van der Waals surface area contributed by atoms with Crippen molar-refractivity contribution in [2.75, 3.05) is 30.4 Å². The van der Waals surface area contributed by atoms with E-state index in [2.05, 4.69) is 33.2 Å². The molecule has 0 unspecified atom stereocenters. The summed E-state index contributed by atoms with van der Waals surface area (Å²) in [5, 5.41) is 13.5. The van der Waals surface area contributed by atoms with Crippen molar-refractivity contribution in [2.24, 2.45) is 0 Å². The number of aliphatic hydroxyl groups is 1. The molecule has 5 nitrogen and oxygen atoms in total. The first-order chi connectivity index (χ1) is 9.72. The largest absolute Gasteiger partial charge is 0.395 e. The lowest BCUT2D eigenvalue weighted by Crippen LogP contribution is -2.42. The third kappa shape index (κ3) is 2.33. The molecule has 0 aliphatic heterocycles. The second-order valence-electron chi connectivity index (χ2n) is 5.20. The molecule has 2 N–H and O–H groups in total. The first-order valence-electron chi connectivity index (χ1n) is 7.06. The van der Waals surface area contributed by atoms with Gasteiger partial charge in [-0.15, -0.1) is 11.3 Å². The van der Waals surface area contributed by atoms with E-state index < -0.39 is 0 Å². The molecule has 1 saturated carbocycles. The Labute approximate surface area is 122 Å². The molecule has 0 spiro atoms. The summed E-state index contributed by atoms with van der Waals surface area (Å²) in [7, 11) is 1.84. The fourth-order valence-electron chi connectivity index (χ4n) is 2.63. The summed E-state index contributed by atoms with van der Waals surface area (Å²) in [5.41, 5.74) is 0. The number of rotatable bonds is 5. The maximum atomic E-state index is 9.37. The van der Waals surface area contributed by atoms with Crippen LogP contribution in [0.15, 0.2) is 6.07 Å². The molecule has 0 bridgehead atoms. The third-order valence-electron chi connectivity index (χ3n) is 3.85. The van der Waals surface area contributed by atoms with E-state index in [-0.39, 0.29) is 6.61 Å². The van der Waals surface area contributed by atoms with Gasteiger partial charge in [-0.3, -0.25) is 0 Å². The Bertz CT molecular complexity index is 608. The van der Waals surface area contributed by atoms with Gasteiger partial charge in [0.1, 0.15) is 10.6 Å². The highest BCUT2D eigenvalue weighted by Gasteiger charge is 2.27. The van der Waals surface area contributed by atoms with E-state index in [1.54, 1.807) is 11.3 Å². The number of hydrogen-bond donors (Lipinski definition) is 2. The molecule has 1 aliphatic rings. The van der Waals surface area contributed by atoms with Crippen LogP contribution in [0.5, 0.6) is 0 Å². The van der Waals surface area contributed by atoms with Crippen LogP contribution in [-0.4, -0.2) is 41.3 Å². The second kappa shape index (κ2) is 5.54. The smallest absolute Gasteiger partial charge is 0.225 e. The maximum absolute atomic E-state index is 9.37. The van der Waals surface area contributed by atoms with Crippen LogP contribution in [0.1, 0.15) is 24.1 Å². The first kappa shape index (κ1) is 13.6. The monoisotopic (exact) mass is 292 g/mol. The van der Waals surface area contributed by atoms with Crippen molar-refractivity contribution in [1.82, 2.24) is 9.97 Å². The molecule has 0 radical (unpaired) electrons. The molecule has 1 aliphatic carbocycles. The summed E-state index contributed by atoms with van der Waals surface area (Å²) in [6, 6.07) is 2.66. The van der Waals surface area contributed by atoms with E-state index >= 15 is 0 Å². The topological polar surface area (TPSA) is 61.3 Å². The van der Waals surface area contributed by atoms with Crippen molar-refractivity contribution in [1.29, 1.82) is 0 Å². The predicted octanol–water partition coefficient (Wildman–Crippen LogP) is 2.39. The molecular weight excluding hydrogens is 272 g/mol. The normalized spacial score (nSPS) is 15.3. The summed E-state index contributed by atoms with van der Waals surface area (Å²) in [6.45, 7) is 2.88. The highest BCUT2D eigenvalue weighted by Crippen LogP contribution is 2.35. The van der Waals surface area contributed by atoms with Crippen molar-refractivity contribution in [3.63, 3.8) is 0 Å². The number of hydrogen-bond acceptors (Lipinski definition) is 6. The number of nitrogens with one attached hydrogen (secondary N) is 1. The minimum Gasteiger partial charge on any atom is -0.395 e. The number of anilines is 2. The van der Waals surface area contributed by atoms with E-state index in [4.69, 9.17) is 0 Å². The maximum Gasteiger partial charge on any atom is 0.225 e. The molecule has 3 rings (SSSR count). The molecule has 0 aromatic carbocycles. The number of nitrogens with zero attached hydrogens (tertiary/aromatic N) is 3. The molecule has 1 fully saturated rings. The minimum atomic E-state index is 0.153. The lowest BCUT2D eigenvalue weighted by atomic mass is 9.91. The van der Waals surface area contributed by atoms with Crippen LogP contribution in [0.4, 0.5) is 11.8 Å². The Morgan fingerprint density at radius 2 is 2.25 bits per heavy atom. The molecule has 0 atom stereocenters. The number of aliphatic hydroxyl groups excluding tert-OH is 1. The molecule has 2 aromatic heterocycles. The molecule has 0 amide bonds. The zero-order valence-corrected chi connectivity index (χ0v) is 12.7. The van der Waals surface area contributed by atoms with E-state index in [9.17, 15) is 5.11 Å². The first-order valence-corrected chi connectivity index (χ1v) is 7.88. The molecule has 20 heavy (non-hydrogen) atoms. The van der Waals surface area contributed by atoms with Crippen LogP contribution in [0, 0.1) is 6.92 Å². The quantitative estimate of drug-likeness (QED) is 0.886. The SMILES string of the molecule is CNc1nc(N(CCO)C2CCC2)c2cc(C)sc2n1. The second-order valence-corrected chi connectivity index (χ2v) is 6.43. The third-order valence-corrected chi connectivity index (χ3v) is 4.79. The lowest BCUT2D eigenvalue weighted by Gasteiger charge is -2.38. The molecule has 6 heteroatoms. The van der Waals surface area contributed by atoms with Crippen LogP contribution < -0.4 is 10.2 Å². The van der Waals surface area contributed by atoms with Gasteiger partial charge in [0.2, 0.25) is 5.95 Å². The van der Waals surface area contributed by atoms with Crippen molar-refractivity contribution < 1.29 is 5.11 Å². The van der Waals surface area contributed by atoms with E-state index in [1.807, 2.05) is 7.05 Å². The van der Waals surface area contributed by atoms with Crippen LogP contribution >= 0.6 is 11.3 Å². The van der Waals surface area contributed by atoms with Crippen molar-refractivity contribution in [2.45, 2.75) is 32.2 Å². The van der Waals surface area contributed by atoms with Gasteiger partial charge < -0.3 is 15.3 Å². The van der Waals surface area contributed by atoms with Crippen molar-refractivity contribution in [3.8, 4) is 0 Å². The van der Waals surface area contributed by atoms with Gasteiger partial charge in [-0.2, -0.15) is 4.98 Å². The van der Waals surface area contributed by atoms with Gasteiger partial charge in [0, 0.05) is 24.5 Å². The Hall–Kier alpha value is -1.40. The summed E-state index contributed by atoms with van der Waals surface area (Å²) in [5.74, 6) is 1.61. The number of aryl methyl sites for hydroxylation is 1. The minimum absolute atomic E-state index is 0.153. The van der Waals surface area contributed by atoms with Gasteiger partial charge in [-0.1, -0.05) is 0 Å². The molecular formula is C14H20N4OS. The average molecular weight is 292 g/mol. The van der Waals surface area contributed by atoms with Crippen LogP contribution in [-0.2, 0) is 0 Å². The molecule has 2 heterocycles. The van der Waals surface area contributed by atoms with Gasteiger partial charge in [0.15, 0.2) is 0 Å². The van der Waals surface area contributed by atoms with Gasteiger partial charge in [-0.25, -0.2) is 4.98 Å². The van der Waals surface area contributed by atoms with Crippen molar-refractivity contribution >= 4 is 33.3 Å². The predicted molar refractivity (Wildman–Crippen MR) is 83.8 cm³/mol. The van der Waals surface area contributed by atoms with E-state index in [1.165, 1.54) is 24.1 Å². The van der Waals surface area contributed by atoms with Gasteiger partial charge in [0.05, 0.1) is 12.0 Å². The standard InChI is InChI=1S/C14H20N4OS/c1-9-8-11-12(16-14(15-2)17-13(11)20-9)18(6-7-19)10-4-3-5-10/h8,10,19H,3-7H2,1-2H3,(H,15,16,17). The summed E-state index contributed by atoms with van der Waals surface area (Å²) >= 11 is 1.69. The number of aromatic nitrogens is 2. The molecule has 2 aromatic rings. The fraction of sp³-hybridized carbons (Fsp3) is 0.571. The Kier molecular flexibility index (Phi) is 3.76. The lowest BCUT2D eigenvalue weighted by molar-refractivity contribution is 0.283. The Balaban J connectivity index is 2.10.